The number of benzene rings is 1. The van der Waals surface area contributed by atoms with E-state index in [-0.39, 0.29) is 24.9 Å². The van der Waals surface area contributed by atoms with E-state index in [1.807, 2.05) is 0 Å². The van der Waals surface area contributed by atoms with Crippen LogP contribution in [0, 0.1) is 0 Å². The van der Waals surface area contributed by atoms with E-state index in [2.05, 4.69) is 21.4 Å². The first-order valence-electron chi connectivity index (χ1n) is 8.56. The van der Waals surface area contributed by atoms with E-state index in [4.69, 9.17) is 0 Å². The lowest BCUT2D eigenvalue weighted by molar-refractivity contribution is -0.274. The van der Waals surface area contributed by atoms with Gasteiger partial charge in [0.25, 0.3) is 5.91 Å². The van der Waals surface area contributed by atoms with Gasteiger partial charge in [0.05, 0.1) is 6.04 Å². The van der Waals surface area contributed by atoms with Crippen molar-refractivity contribution >= 4 is 16.9 Å². The smallest absolute Gasteiger partial charge is 0.406 e. The van der Waals surface area contributed by atoms with Crippen LogP contribution in [-0.4, -0.2) is 45.0 Å². The number of rotatable bonds is 4. The molecule has 3 aromatic rings. The minimum atomic E-state index is -4.77. The molecule has 10 heteroatoms. The number of hydrogen-bond acceptors (Lipinski definition) is 4. The quantitative estimate of drug-likeness (QED) is 0.488. The molecule has 1 fully saturated rings. The lowest BCUT2D eigenvalue weighted by Gasteiger charge is -2.38. The normalized spacial score (nSPS) is 14.7. The Labute approximate surface area is 162 Å². The highest BCUT2D eigenvalue weighted by Crippen LogP contribution is 2.33. The number of carbonyl (C=O) groups excluding carboxylic acids is 1. The van der Waals surface area contributed by atoms with E-state index in [9.17, 15) is 22.4 Å². The van der Waals surface area contributed by atoms with Crippen molar-refractivity contribution in [2.24, 2.45) is 0 Å². The second-order valence-electron chi connectivity index (χ2n) is 6.51. The Kier molecular flexibility index (Phi) is 4.48. The lowest BCUT2D eigenvalue weighted by Crippen LogP contribution is -2.51. The van der Waals surface area contributed by atoms with Gasteiger partial charge in [-0.3, -0.25) is 4.79 Å². The van der Waals surface area contributed by atoms with Crippen LogP contribution in [0.15, 0.2) is 55.0 Å². The number of carbonyl (C=O) groups is 1. The van der Waals surface area contributed by atoms with Gasteiger partial charge in [0.1, 0.15) is 11.4 Å². The fourth-order valence-electron chi connectivity index (χ4n) is 3.20. The molecule has 0 unspecified atom stereocenters. The number of alkyl halides is 3. The Morgan fingerprint density at radius 3 is 2.48 bits per heavy atom. The minimum absolute atomic E-state index is 0.197. The summed E-state index contributed by atoms with van der Waals surface area (Å²) in [5.74, 6) is -2.11. The van der Waals surface area contributed by atoms with Crippen LogP contribution in [0.1, 0.15) is 6.04 Å². The molecule has 2 aromatic heterocycles. The van der Waals surface area contributed by atoms with Crippen LogP contribution in [0.4, 0.5) is 17.6 Å². The van der Waals surface area contributed by atoms with Crippen molar-refractivity contribution in [3.63, 3.8) is 0 Å². The molecule has 1 aromatic carbocycles. The largest absolute Gasteiger partial charge is 0.573 e. The molecule has 0 radical (unpaired) electrons. The Morgan fingerprint density at radius 1 is 1.17 bits per heavy atom. The molecule has 1 amide bonds. The Hall–Kier alpha value is -3.43. The number of halogens is 4. The third-order valence-corrected chi connectivity index (χ3v) is 4.56. The van der Waals surface area contributed by atoms with Crippen molar-refractivity contribution in [2.45, 2.75) is 12.4 Å². The zero-order valence-electron chi connectivity index (χ0n) is 14.9. The number of aromatic nitrogens is 3. The number of fused-ring (bicyclic) bond motifs is 1. The maximum absolute atomic E-state index is 13.0. The third kappa shape index (κ3) is 3.65. The van der Waals surface area contributed by atoms with Crippen molar-refractivity contribution in [3.8, 4) is 17.0 Å². The van der Waals surface area contributed by atoms with Crippen LogP contribution in [-0.2, 0) is 4.79 Å². The summed E-state index contributed by atoms with van der Waals surface area (Å²) in [5, 5.41) is 5.27. The number of pyridine rings is 1. The number of hydrogen-bond donors (Lipinski definition) is 0. The first-order chi connectivity index (χ1) is 13.7. The number of ether oxygens (including phenoxy) is 1. The van der Waals surface area contributed by atoms with E-state index >= 15 is 0 Å². The molecule has 3 heterocycles. The first kappa shape index (κ1) is 18.9. The van der Waals surface area contributed by atoms with Gasteiger partial charge in [-0.25, -0.2) is 14.1 Å². The van der Waals surface area contributed by atoms with Crippen molar-refractivity contribution in [3.05, 3.63) is 55.0 Å². The SMILES string of the molecule is C=C(F)C(=O)N1CC(n2nc(-c3ccc(OC(F)(F)F)cc3)c3cccnc32)C1. The van der Waals surface area contributed by atoms with Gasteiger partial charge in [0, 0.05) is 30.2 Å². The Bertz CT molecular complexity index is 1090. The van der Waals surface area contributed by atoms with Crippen molar-refractivity contribution in [2.75, 3.05) is 13.1 Å². The zero-order valence-corrected chi connectivity index (χ0v) is 14.9. The van der Waals surface area contributed by atoms with E-state index in [0.717, 1.165) is 0 Å². The Balaban J connectivity index is 1.64. The monoisotopic (exact) mass is 406 g/mol. The molecule has 0 aliphatic carbocycles. The summed E-state index contributed by atoms with van der Waals surface area (Å²) in [5.41, 5.74) is 1.68. The number of amides is 1. The molecule has 0 atom stereocenters. The highest BCUT2D eigenvalue weighted by molar-refractivity contribution is 5.92. The van der Waals surface area contributed by atoms with Crippen molar-refractivity contribution < 1.29 is 27.1 Å². The van der Waals surface area contributed by atoms with Crippen molar-refractivity contribution in [1.82, 2.24) is 19.7 Å². The summed E-state index contributed by atoms with van der Waals surface area (Å²) in [4.78, 5) is 17.3. The van der Waals surface area contributed by atoms with Gasteiger partial charge < -0.3 is 9.64 Å². The average molecular weight is 406 g/mol. The van der Waals surface area contributed by atoms with Gasteiger partial charge in [-0.15, -0.1) is 13.2 Å². The predicted octanol–water partition coefficient (Wildman–Crippen LogP) is 3.86. The molecule has 150 valence electrons. The highest BCUT2D eigenvalue weighted by atomic mass is 19.4. The topological polar surface area (TPSA) is 60.2 Å². The molecule has 0 spiro atoms. The second kappa shape index (κ2) is 6.87. The standard InChI is InChI=1S/C19H14F4N4O2/c1-11(20)18(28)26-9-13(10-26)27-17-15(3-2-8-24-17)16(25-27)12-4-6-14(7-5-12)29-19(21,22)23/h2-8,13H,1,9-10H2. The van der Waals surface area contributed by atoms with Crippen LogP contribution < -0.4 is 4.74 Å². The lowest BCUT2D eigenvalue weighted by atomic mass is 10.1. The summed E-state index contributed by atoms with van der Waals surface area (Å²) < 4.78 is 55.6. The van der Waals surface area contributed by atoms with E-state index in [1.165, 1.54) is 29.2 Å². The zero-order chi connectivity index (χ0) is 20.8. The molecule has 1 saturated heterocycles. The minimum Gasteiger partial charge on any atom is -0.406 e. The summed E-state index contributed by atoms with van der Waals surface area (Å²) in [6.45, 7) is 3.52. The molecule has 29 heavy (non-hydrogen) atoms. The highest BCUT2D eigenvalue weighted by Gasteiger charge is 2.35. The first-order valence-corrected chi connectivity index (χ1v) is 8.56. The summed E-state index contributed by atoms with van der Waals surface area (Å²) in [7, 11) is 0. The maximum Gasteiger partial charge on any atom is 0.573 e. The molecular weight excluding hydrogens is 392 g/mol. The molecule has 1 aliphatic heterocycles. The van der Waals surface area contributed by atoms with E-state index in [1.54, 1.807) is 23.0 Å². The number of likely N-dealkylation sites (tertiary alicyclic amines) is 1. The van der Waals surface area contributed by atoms with Gasteiger partial charge in [-0.2, -0.15) is 5.10 Å². The fourth-order valence-corrected chi connectivity index (χ4v) is 3.20. The van der Waals surface area contributed by atoms with Gasteiger partial charge in [0.15, 0.2) is 11.5 Å². The fraction of sp³-hybridized carbons (Fsp3) is 0.211. The molecular formula is C19H14F4N4O2. The van der Waals surface area contributed by atoms with Crippen LogP contribution in [0.3, 0.4) is 0 Å². The van der Waals surface area contributed by atoms with E-state index in [0.29, 0.717) is 22.3 Å². The molecule has 0 saturated carbocycles. The third-order valence-electron chi connectivity index (χ3n) is 4.56. The predicted molar refractivity (Wildman–Crippen MR) is 95.5 cm³/mol. The van der Waals surface area contributed by atoms with Gasteiger partial charge in [-0.1, -0.05) is 6.58 Å². The maximum atomic E-state index is 13.0. The molecule has 0 N–H and O–H groups in total. The Morgan fingerprint density at radius 2 is 1.86 bits per heavy atom. The molecule has 6 nitrogen and oxygen atoms in total. The van der Waals surface area contributed by atoms with Crippen LogP contribution >= 0.6 is 0 Å². The van der Waals surface area contributed by atoms with Crippen molar-refractivity contribution in [1.29, 1.82) is 0 Å². The molecule has 0 bridgehead atoms. The summed E-state index contributed by atoms with van der Waals surface area (Å²) >= 11 is 0. The average Bonchev–Trinajstić information content (AvgIpc) is 2.99. The van der Waals surface area contributed by atoms with Crippen LogP contribution in [0.5, 0.6) is 5.75 Å². The summed E-state index contributed by atoms with van der Waals surface area (Å²) in [6, 6.07) is 8.70. The van der Waals surface area contributed by atoms with Gasteiger partial charge in [0.2, 0.25) is 0 Å². The second-order valence-corrected chi connectivity index (χ2v) is 6.51. The van der Waals surface area contributed by atoms with Crippen LogP contribution in [0.2, 0.25) is 0 Å². The van der Waals surface area contributed by atoms with Gasteiger partial charge >= 0.3 is 6.36 Å². The molecule has 1 aliphatic rings. The van der Waals surface area contributed by atoms with Crippen LogP contribution in [0.25, 0.3) is 22.3 Å². The summed E-state index contributed by atoms with van der Waals surface area (Å²) in [6.07, 6.45) is -3.17. The number of nitrogens with zero attached hydrogens (tertiary/aromatic N) is 4. The van der Waals surface area contributed by atoms with E-state index < -0.39 is 18.1 Å². The van der Waals surface area contributed by atoms with Gasteiger partial charge in [-0.05, 0) is 36.4 Å². The molecule has 4 rings (SSSR count).